The SMILES string of the molecule is c1ccc2sc(-c3csc4ncccc34)nc2c1. The molecule has 3 heterocycles. The number of thiazole rings is 1. The van der Waals surface area contributed by atoms with Crippen LogP contribution in [0.2, 0.25) is 0 Å². The van der Waals surface area contributed by atoms with Crippen LogP contribution in [0.1, 0.15) is 0 Å². The van der Waals surface area contributed by atoms with Crippen LogP contribution in [0.5, 0.6) is 0 Å². The standard InChI is InChI=1S/C14H8N2S2/c1-2-6-12-11(5-1)16-14(18-12)10-8-17-13-9(10)4-3-7-15-13/h1-8H. The van der Waals surface area contributed by atoms with E-state index in [1.807, 2.05) is 18.3 Å². The van der Waals surface area contributed by atoms with Gasteiger partial charge < -0.3 is 0 Å². The fourth-order valence-corrected chi connectivity index (χ4v) is 3.99. The smallest absolute Gasteiger partial charge is 0.126 e. The monoisotopic (exact) mass is 268 g/mol. The lowest BCUT2D eigenvalue weighted by molar-refractivity contribution is 1.44. The molecular weight excluding hydrogens is 260 g/mol. The fourth-order valence-electron chi connectivity index (χ4n) is 2.02. The van der Waals surface area contributed by atoms with Gasteiger partial charge in [0.2, 0.25) is 0 Å². The summed E-state index contributed by atoms with van der Waals surface area (Å²) in [6.45, 7) is 0. The molecule has 1 aromatic carbocycles. The van der Waals surface area contributed by atoms with E-state index in [2.05, 4.69) is 34.6 Å². The Morgan fingerprint density at radius 3 is 2.89 bits per heavy atom. The Morgan fingerprint density at radius 1 is 1.00 bits per heavy atom. The maximum Gasteiger partial charge on any atom is 0.126 e. The predicted octanol–water partition coefficient (Wildman–Crippen LogP) is 4.57. The molecule has 0 aliphatic carbocycles. The van der Waals surface area contributed by atoms with Gasteiger partial charge >= 0.3 is 0 Å². The molecule has 4 heteroatoms. The average Bonchev–Trinajstić information content (AvgIpc) is 3.02. The van der Waals surface area contributed by atoms with Gasteiger partial charge in [-0.05, 0) is 24.3 Å². The average molecular weight is 268 g/mol. The number of aromatic nitrogens is 2. The maximum absolute atomic E-state index is 4.70. The number of hydrogen-bond acceptors (Lipinski definition) is 4. The molecule has 3 aromatic heterocycles. The van der Waals surface area contributed by atoms with Gasteiger partial charge in [0.1, 0.15) is 9.84 Å². The number of nitrogens with zero attached hydrogens (tertiary/aromatic N) is 2. The highest BCUT2D eigenvalue weighted by molar-refractivity contribution is 7.22. The Bertz CT molecular complexity index is 812. The summed E-state index contributed by atoms with van der Waals surface area (Å²) in [4.78, 5) is 10.2. The Labute approximate surface area is 112 Å². The summed E-state index contributed by atoms with van der Waals surface area (Å²) in [5.41, 5.74) is 2.27. The molecule has 0 atom stereocenters. The second-order valence-electron chi connectivity index (χ2n) is 3.99. The number of thiophene rings is 1. The van der Waals surface area contributed by atoms with Crippen LogP contribution in [0.25, 0.3) is 31.0 Å². The van der Waals surface area contributed by atoms with E-state index in [0.717, 1.165) is 15.4 Å². The van der Waals surface area contributed by atoms with Gasteiger partial charge in [-0.15, -0.1) is 22.7 Å². The summed E-state index contributed by atoms with van der Waals surface area (Å²) < 4.78 is 1.23. The number of para-hydroxylation sites is 1. The molecule has 86 valence electrons. The van der Waals surface area contributed by atoms with E-state index in [4.69, 9.17) is 4.98 Å². The third kappa shape index (κ3) is 1.46. The van der Waals surface area contributed by atoms with Crippen LogP contribution in [-0.4, -0.2) is 9.97 Å². The van der Waals surface area contributed by atoms with Gasteiger partial charge in [0, 0.05) is 22.5 Å². The third-order valence-corrected chi connectivity index (χ3v) is 4.85. The molecule has 0 fully saturated rings. The fraction of sp³-hybridized carbons (Fsp3) is 0. The molecule has 0 saturated carbocycles. The second-order valence-corrected chi connectivity index (χ2v) is 5.88. The van der Waals surface area contributed by atoms with Crippen LogP contribution in [-0.2, 0) is 0 Å². The molecule has 0 saturated heterocycles. The van der Waals surface area contributed by atoms with Crippen molar-refractivity contribution >= 4 is 43.1 Å². The first-order chi connectivity index (χ1) is 8.92. The third-order valence-electron chi connectivity index (χ3n) is 2.87. The first-order valence-corrected chi connectivity index (χ1v) is 7.29. The van der Waals surface area contributed by atoms with Gasteiger partial charge in [-0.3, -0.25) is 0 Å². The van der Waals surface area contributed by atoms with E-state index >= 15 is 0 Å². The lowest BCUT2D eigenvalue weighted by atomic mass is 10.2. The van der Waals surface area contributed by atoms with Gasteiger partial charge in [0.25, 0.3) is 0 Å². The molecular formula is C14H8N2S2. The zero-order valence-electron chi connectivity index (χ0n) is 9.33. The molecule has 0 N–H and O–H groups in total. The summed E-state index contributed by atoms with van der Waals surface area (Å²) in [5.74, 6) is 0. The van der Waals surface area contributed by atoms with Crippen LogP contribution in [0.3, 0.4) is 0 Å². The van der Waals surface area contributed by atoms with Crippen molar-refractivity contribution in [2.75, 3.05) is 0 Å². The minimum absolute atomic E-state index is 1.07. The molecule has 0 unspecified atom stereocenters. The highest BCUT2D eigenvalue weighted by Gasteiger charge is 2.11. The van der Waals surface area contributed by atoms with Crippen LogP contribution in [0.4, 0.5) is 0 Å². The number of fused-ring (bicyclic) bond motifs is 2. The topological polar surface area (TPSA) is 25.8 Å². The first kappa shape index (κ1) is 10.2. The van der Waals surface area contributed by atoms with E-state index < -0.39 is 0 Å². The Hall–Kier alpha value is -1.78. The highest BCUT2D eigenvalue weighted by Crippen LogP contribution is 2.36. The maximum atomic E-state index is 4.70. The zero-order valence-corrected chi connectivity index (χ0v) is 11.0. The summed E-state index contributed by atoms with van der Waals surface area (Å²) >= 11 is 3.41. The quantitative estimate of drug-likeness (QED) is 0.505. The van der Waals surface area contributed by atoms with Crippen LogP contribution in [0, 0.1) is 0 Å². The first-order valence-electron chi connectivity index (χ1n) is 5.60. The summed E-state index contributed by atoms with van der Waals surface area (Å²) in [6, 6.07) is 12.3. The molecule has 0 bridgehead atoms. The van der Waals surface area contributed by atoms with Crippen molar-refractivity contribution in [1.29, 1.82) is 0 Å². The van der Waals surface area contributed by atoms with Gasteiger partial charge in [0.15, 0.2) is 0 Å². The summed E-state index contributed by atoms with van der Waals surface area (Å²) in [6.07, 6.45) is 1.83. The Morgan fingerprint density at radius 2 is 1.94 bits per heavy atom. The highest BCUT2D eigenvalue weighted by atomic mass is 32.1. The molecule has 18 heavy (non-hydrogen) atoms. The van der Waals surface area contributed by atoms with Crippen molar-refractivity contribution in [3.8, 4) is 10.6 Å². The number of benzene rings is 1. The lowest BCUT2D eigenvalue weighted by Crippen LogP contribution is -1.74. The minimum Gasteiger partial charge on any atom is -0.245 e. The van der Waals surface area contributed by atoms with E-state index in [1.165, 1.54) is 15.6 Å². The molecule has 2 nitrogen and oxygen atoms in total. The van der Waals surface area contributed by atoms with Crippen molar-refractivity contribution in [3.05, 3.63) is 48.0 Å². The molecule has 0 spiro atoms. The molecule has 0 aliphatic heterocycles. The molecule has 0 aliphatic rings. The minimum atomic E-state index is 1.07. The number of hydrogen-bond donors (Lipinski definition) is 0. The molecule has 4 rings (SSSR count). The van der Waals surface area contributed by atoms with E-state index in [1.54, 1.807) is 22.7 Å². The van der Waals surface area contributed by atoms with Crippen molar-refractivity contribution in [2.24, 2.45) is 0 Å². The second kappa shape index (κ2) is 3.86. The van der Waals surface area contributed by atoms with Crippen LogP contribution in [0.15, 0.2) is 48.0 Å². The number of pyridine rings is 1. The lowest BCUT2D eigenvalue weighted by Gasteiger charge is -1.92. The number of rotatable bonds is 1. The normalized spacial score (nSPS) is 11.3. The zero-order chi connectivity index (χ0) is 11.9. The van der Waals surface area contributed by atoms with Crippen LogP contribution < -0.4 is 0 Å². The van der Waals surface area contributed by atoms with Crippen molar-refractivity contribution in [3.63, 3.8) is 0 Å². The van der Waals surface area contributed by atoms with Crippen LogP contribution >= 0.6 is 22.7 Å². The van der Waals surface area contributed by atoms with Crippen molar-refractivity contribution in [1.82, 2.24) is 9.97 Å². The Balaban J connectivity index is 2.01. The van der Waals surface area contributed by atoms with E-state index in [0.29, 0.717) is 0 Å². The van der Waals surface area contributed by atoms with Crippen molar-refractivity contribution in [2.45, 2.75) is 0 Å². The molecule has 4 aromatic rings. The summed E-state index contributed by atoms with van der Waals surface area (Å²) in [5, 5.41) is 4.42. The predicted molar refractivity (Wildman–Crippen MR) is 78.2 cm³/mol. The van der Waals surface area contributed by atoms with E-state index in [9.17, 15) is 0 Å². The molecule has 0 amide bonds. The molecule has 0 radical (unpaired) electrons. The van der Waals surface area contributed by atoms with E-state index in [-0.39, 0.29) is 0 Å². The van der Waals surface area contributed by atoms with Gasteiger partial charge in [0.05, 0.1) is 10.2 Å². The van der Waals surface area contributed by atoms with Gasteiger partial charge in [-0.25, -0.2) is 9.97 Å². The Kier molecular flexibility index (Phi) is 2.18. The van der Waals surface area contributed by atoms with Crippen molar-refractivity contribution < 1.29 is 0 Å². The largest absolute Gasteiger partial charge is 0.245 e. The van der Waals surface area contributed by atoms with Gasteiger partial charge in [-0.1, -0.05) is 12.1 Å². The van der Waals surface area contributed by atoms with Gasteiger partial charge in [-0.2, -0.15) is 0 Å². The summed E-state index contributed by atoms with van der Waals surface area (Å²) in [7, 11) is 0.